The summed E-state index contributed by atoms with van der Waals surface area (Å²) in [5.74, 6) is -1.42. The van der Waals surface area contributed by atoms with Crippen LogP contribution in [0.25, 0.3) is 0 Å². The minimum Gasteiger partial charge on any atom is -0.492 e. The highest BCUT2D eigenvalue weighted by atomic mass is 35.5. The molecule has 0 saturated carbocycles. The van der Waals surface area contributed by atoms with Crippen LogP contribution in [0.3, 0.4) is 0 Å². The maximum absolute atomic E-state index is 13.4. The highest BCUT2D eigenvalue weighted by Gasteiger charge is 2.24. The zero-order chi connectivity index (χ0) is 10.9. The van der Waals surface area contributed by atoms with Gasteiger partial charge in [-0.15, -0.1) is 0 Å². The van der Waals surface area contributed by atoms with Crippen molar-refractivity contribution in [2.75, 3.05) is 7.11 Å². The first-order valence-corrected chi connectivity index (χ1v) is 5.28. The molecule has 0 bridgehead atoms. The van der Waals surface area contributed by atoms with Crippen molar-refractivity contribution >= 4 is 22.5 Å². The maximum atomic E-state index is 13.4. The number of rotatable bonds is 2. The molecule has 0 aliphatic rings. The summed E-state index contributed by atoms with van der Waals surface area (Å²) >= 11 is 5.55. The van der Waals surface area contributed by atoms with Crippen LogP contribution >= 0.6 is 22.5 Å². The molecule has 80 valence electrons. The van der Waals surface area contributed by atoms with Crippen molar-refractivity contribution in [2.45, 2.75) is 4.90 Å². The molecule has 0 spiro atoms. The molecule has 0 aromatic heterocycles. The number of hydrogen-bond donors (Lipinski definition) is 3. The summed E-state index contributed by atoms with van der Waals surface area (Å²) in [5, 5.41) is -0.0163. The molecule has 0 atom stereocenters. The van der Waals surface area contributed by atoms with E-state index in [1.807, 2.05) is 0 Å². The Labute approximate surface area is 86.4 Å². The van der Waals surface area contributed by atoms with Crippen molar-refractivity contribution in [3.8, 4) is 5.75 Å². The SMILES string of the molecule is COc1c(Cl)ccc(S(O)(O)O)c1F. The largest absolute Gasteiger partial charge is 0.492 e. The lowest BCUT2D eigenvalue weighted by atomic mass is 10.3. The second-order valence-corrected chi connectivity index (χ2v) is 4.30. The fourth-order valence-corrected chi connectivity index (χ4v) is 1.72. The van der Waals surface area contributed by atoms with Crippen molar-refractivity contribution < 1.29 is 22.8 Å². The first kappa shape index (κ1) is 11.5. The van der Waals surface area contributed by atoms with Crippen molar-refractivity contribution in [1.82, 2.24) is 0 Å². The minimum atomic E-state index is -4.10. The Bertz CT molecular complexity index is 352. The van der Waals surface area contributed by atoms with Crippen molar-refractivity contribution in [3.63, 3.8) is 0 Å². The monoisotopic (exact) mass is 242 g/mol. The van der Waals surface area contributed by atoms with Gasteiger partial charge in [0.2, 0.25) is 0 Å². The summed E-state index contributed by atoms with van der Waals surface area (Å²) in [6, 6.07) is 2.18. The summed E-state index contributed by atoms with van der Waals surface area (Å²) < 4.78 is 44.5. The standard InChI is InChI=1S/C7H8ClFO4S/c1-13-7-4(8)2-3-5(6(7)9)14(10,11)12/h2-3,10-12H,1H3. The van der Waals surface area contributed by atoms with E-state index in [-0.39, 0.29) is 10.8 Å². The van der Waals surface area contributed by atoms with E-state index >= 15 is 0 Å². The van der Waals surface area contributed by atoms with Crippen molar-refractivity contribution in [1.29, 1.82) is 0 Å². The van der Waals surface area contributed by atoms with E-state index in [2.05, 4.69) is 4.74 Å². The highest BCUT2D eigenvalue weighted by Crippen LogP contribution is 2.48. The van der Waals surface area contributed by atoms with Crippen molar-refractivity contribution in [3.05, 3.63) is 23.0 Å². The molecule has 0 heterocycles. The van der Waals surface area contributed by atoms with Gasteiger partial charge in [0, 0.05) is 0 Å². The molecule has 0 aliphatic carbocycles. The zero-order valence-electron chi connectivity index (χ0n) is 7.07. The van der Waals surface area contributed by atoms with E-state index in [0.717, 1.165) is 6.07 Å². The average molecular weight is 243 g/mol. The van der Waals surface area contributed by atoms with Crippen LogP contribution in [0.4, 0.5) is 4.39 Å². The van der Waals surface area contributed by atoms with Crippen LogP contribution in [0.1, 0.15) is 0 Å². The van der Waals surface area contributed by atoms with Crippen LogP contribution in [0.15, 0.2) is 17.0 Å². The molecule has 0 fully saturated rings. The van der Waals surface area contributed by atoms with Gasteiger partial charge >= 0.3 is 0 Å². The molecule has 1 aromatic rings. The Morgan fingerprint density at radius 1 is 1.36 bits per heavy atom. The first-order chi connectivity index (χ1) is 6.38. The van der Waals surface area contributed by atoms with E-state index in [9.17, 15) is 4.39 Å². The molecular formula is C7H8ClFO4S. The van der Waals surface area contributed by atoms with Gasteiger partial charge in [-0.25, -0.2) is 4.39 Å². The van der Waals surface area contributed by atoms with Gasteiger partial charge in [-0.05, 0) is 12.1 Å². The van der Waals surface area contributed by atoms with Crippen LogP contribution in [-0.2, 0) is 0 Å². The van der Waals surface area contributed by atoms with Gasteiger partial charge in [0.25, 0.3) is 0 Å². The average Bonchev–Trinajstić information content (AvgIpc) is 2.02. The Morgan fingerprint density at radius 3 is 2.36 bits per heavy atom. The molecule has 0 radical (unpaired) electrons. The molecule has 3 N–H and O–H groups in total. The normalized spacial score (nSPS) is 12.7. The van der Waals surface area contributed by atoms with Crippen LogP contribution in [0.5, 0.6) is 5.75 Å². The summed E-state index contributed by atoms with van der Waals surface area (Å²) in [7, 11) is -2.92. The van der Waals surface area contributed by atoms with Crippen LogP contribution in [-0.4, -0.2) is 20.8 Å². The van der Waals surface area contributed by atoms with Gasteiger partial charge in [0.1, 0.15) is 15.8 Å². The van der Waals surface area contributed by atoms with Gasteiger partial charge in [0.05, 0.1) is 12.1 Å². The number of ether oxygens (including phenoxy) is 1. The third-order valence-electron chi connectivity index (χ3n) is 1.51. The first-order valence-electron chi connectivity index (χ1n) is 3.40. The molecule has 7 heteroatoms. The number of methoxy groups -OCH3 is 1. The number of halogens is 2. The molecule has 4 nitrogen and oxygen atoms in total. The second-order valence-electron chi connectivity index (χ2n) is 2.41. The number of benzene rings is 1. The molecular weight excluding hydrogens is 235 g/mol. The zero-order valence-corrected chi connectivity index (χ0v) is 8.64. The van der Waals surface area contributed by atoms with Crippen molar-refractivity contribution in [2.24, 2.45) is 0 Å². The topological polar surface area (TPSA) is 69.9 Å². The molecule has 1 rings (SSSR count). The minimum absolute atomic E-state index is 0.0163. The highest BCUT2D eigenvalue weighted by molar-refractivity contribution is 8.19. The van der Waals surface area contributed by atoms with Gasteiger partial charge < -0.3 is 18.4 Å². The third kappa shape index (κ3) is 2.10. The Balaban J connectivity index is 3.36. The molecule has 0 unspecified atom stereocenters. The van der Waals surface area contributed by atoms with E-state index in [1.54, 1.807) is 0 Å². The fourth-order valence-electron chi connectivity index (χ4n) is 0.913. The van der Waals surface area contributed by atoms with Crippen LogP contribution in [0.2, 0.25) is 5.02 Å². The maximum Gasteiger partial charge on any atom is 0.185 e. The lowest BCUT2D eigenvalue weighted by Gasteiger charge is -2.20. The molecule has 0 saturated heterocycles. The Hall–Kier alpha value is -0.530. The molecule has 14 heavy (non-hydrogen) atoms. The summed E-state index contributed by atoms with van der Waals surface area (Å²) in [6.45, 7) is 0. The van der Waals surface area contributed by atoms with E-state index in [4.69, 9.17) is 25.3 Å². The summed E-state index contributed by atoms with van der Waals surface area (Å²) in [4.78, 5) is -0.640. The lowest BCUT2D eigenvalue weighted by molar-refractivity contribution is 0.355. The van der Waals surface area contributed by atoms with E-state index < -0.39 is 21.6 Å². The fraction of sp³-hybridized carbons (Fsp3) is 0.143. The predicted molar refractivity (Wildman–Crippen MR) is 51.7 cm³/mol. The Morgan fingerprint density at radius 2 is 1.93 bits per heavy atom. The summed E-state index contributed by atoms with van der Waals surface area (Å²) in [5.41, 5.74) is 0. The van der Waals surface area contributed by atoms with Crippen LogP contribution in [0, 0.1) is 5.82 Å². The number of hydrogen-bond acceptors (Lipinski definition) is 4. The quantitative estimate of drug-likeness (QED) is 0.745. The summed E-state index contributed by atoms with van der Waals surface area (Å²) in [6.07, 6.45) is 0. The van der Waals surface area contributed by atoms with Gasteiger partial charge in [-0.1, -0.05) is 11.6 Å². The molecule has 0 amide bonds. The molecule has 0 aliphatic heterocycles. The van der Waals surface area contributed by atoms with E-state index in [0.29, 0.717) is 0 Å². The lowest BCUT2D eigenvalue weighted by Crippen LogP contribution is -2.01. The Kier molecular flexibility index (Phi) is 3.23. The van der Waals surface area contributed by atoms with Crippen LogP contribution < -0.4 is 4.74 Å². The third-order valence-corrected chi connectivity index (χ3v) is 2.72. The van der Waals surface area contributed by atoms with Gasteiger partial charge in [0.15, 0.2) is 11.6 Å². The van der Waals surface area contributed by atoms with Gasteiger partial charge in [-0.3, -0.25) is 0 Å². The van der Waals surface area contributed by atoms with Gasteiger partial charge in [-0.2, -0.15) is 0 Å². The van der Waals surface area contributed by atoms with E-state index in [1.165, 1.54) is 13.2 Å². The molecule has 1 aromatic carbocycles. The predicted octanol–water partition coefficient (Wildman–Crippen LogP) is 3.07. The smallest absolute Gasteiger partial charge is 0.185 e. The second kappa shape index (κ2) is 3.92.